The number of carbonyl (C=O) groups excluding carboxylic acids is 1. The van der Waals surface area contributed by atoms with E-state index in [0.717, 1.165) is 58.7 Å². The molecule has 0 spiro atoms. The lowest BCUT2D eigenvalue weighted by molar-refractivity contribution is 0.102. The summed E-state index contributed by atoms with van der Waals surface area (Å²) in [7, 11) is 0. The van der Waals surface area contributed by atoms with Crippen LogP contribution in [-0.2, 0) is 6.42 Å². The number of aromatic hydroxyl groups is 1. The zero-order chi connectivity index (χ0) is 27.1. The molecule has 6 nitrogen and oxygen atoms in total. The van der Waals surface area contributed by atoms with Gasteiger partial charge in [0.2, 0.25) is 0 Å². The quantitative estimate of drug-likeness (QED) is 0.185. The second-order valence-corrected chi connectivity index (χ2v) is 11.0. The van der Waals surface area contributed by atoms with E-state index in [9.17, 15) is 9.90 Å². The molecule has 1 aliphatic heterocycles. The van der Waals surface area contributed by atoms with Crippen molar-refractivity contribution in [1.82, 2.24) is 14.5 Å². The maximum atomic E-state index is 13.8. The van der Waals surface area contributed by atoms with Crippen molar-refractivity contribution in [2.75, 3.05) is 17.2 Å². The van der Waals surface area contributed by atoms with Crippen molar-refractivity contribution in [3.63, 3.8) is 0 Å². The molecular weight excluding hydrogens is 504 g/mol. The molecule has 39 heavy (non-hydrogen) atoms. The first kappa shape index (κ1) is 25.2. The predicted molar refractivity (Wildman–Crippen MR) is 158 cm³/mol. The fourth-order valence-corrected chi connectivity index (χ4v) is 6.61. The van der Waals surface area contributed by atoms with Crippen LogP contribution in [-0.4, -0.2) is 37.7 Å². The molecule has 0 saturated heterocycles. The van der Waals surface area contributed by atoms with Gasteiger partial charge in [-0.15, -0.1) is 0 Å². The number of imidazole rings is 1. The molecule has 0 fully saturated rings. The minimum absolute atomic E-state index is 0.00143. The number of benzene rings is 3. The normalized spacial score (nSPS) is 13.1. The molecule has 0 bridgehead atoms. The van der Waals surface area contributed by atoms with E-state index in [0.29, 0.717) is 10.7 Å². The van der Waals surface area contributed by atoms with Gasteiger partial charge in [-0.05, 0) is 80.6 Å². The molecule has 0 amide bonds. The molecule has 1 N–H and O–H groups in total. The average molecular weight is 535 g/mol. The van der Waals surface area contributed by atoms with Crippen LogP contribution in [0.2, 0.25) is 0 Å². The highest BCUT2D eigenvalue weighted by atomic mass is 32.2. The van der Waals surface area contributed by atoms with Gasteiger partial charge in [0.1, 0.15) is 11.3 Å². The molecule has 1 aliphatic rings. The Balaban J connectivity index is 1.37. The van der Waals surface area contributed by atoms with Gasteiger partial charge in [0.05, 0.1) is 22.7 Å². The lowest BCUT2D eigenvalue weighted by atomic mass is 9.99. The SMILES string of the molecule is Cc1cc(C)c(-n2c(SCC(=O)c3c(O)cccc3N3CCCc4ccccc43)nc3cccnc32)c(C)c1. The monoisotopic (exact) mass is 534 g/mol. The van der Waals surface area contributed by atoms with E-state index in [2.05, 4.69) is 59.5 Å². The third kappa shape index (κ3) is 4.57. The van der Waals surface area contributed by atoms with E-state index in [1.807, 2.05) is 30.3 Å². The van der Waals surface area contributed by atoms with E-state index >= 15 is 0 Å². The van der Waals surface area contributed by atoms with Crippen LogP contribution in [0.15, 0.2) is 78.1 Å². The fourth-order valence-electron chi connectivity index (χ4n) is 5.74. The van der Waals surface area contributed by atoms with Crippen LogP contribution in [0.25, 0.3) is 16.9 Å². The summed E-state index contributed by atoms with van der Waals surface area (Å²) in [6, 6.07) is 21.7. The number of phenols is 1. The Hall–Kier alpha value is -4.10. The second kappa shape index (κ2) is 10.2. The number of phenolic OH excluding ortho intramolecular Hbond substituents is 1. The van der Waals surface area contributed by atoms with Crippen LogP contribution in [0.4, 0.5) is 11.4 Å². The Kier molecular flexibility index (Phi) is 6.61. The molecule has 0 radical (unpaired) electrons. The number of para-hydroxylation sites is 1. The largest absolute Gasteiger partial charge is 0.507 e. The van der Waals surface area contributed by atoms with Gasteiger partial charge in [-0.2, -0.15) is 0 Å². The van der Waals surface area contributed by atoms with Gasteiger partial charge in [0.25, 0.3) is 0 Å². The predicted octanol–water partition coefficient (Wildman–Crippen LogP) is 7.11. The van der Waals surface area contributed by atoms with Crippen molar-refractivity contribution in [2.45, 2.75) is 38.8 Å². The molecule has 0 unspecified atom stereocenters. The van der Waals surface area contributed by atoms with Crippen molar-refractivity contribution in [1.29, 1.82) is 0 Å². The van der Waals surface area contributed by atoms with E-state index < -0.39 is 0 Å². The summed E-state index contributed by atoms with van der Waals surface area (Å²) in [6.45, 7) is 7.07. The first-order valence-electron chi connectivity index (χ1n) is 13.2. The van der Waals surface area contributed by atoms with Gasteiger partial charge < -0.3 is 10.0 Å². The molecule has 5 aromatic rings. The lowest BCUT2D eigenvalue weighted by Crippen LogP contribution is -2.26. The number of Topliss-reactive ketones (excluding diaryl/α,β-unsaturated/α-hetero) is 1. The molecular formula is C32H30N4O2S. The highest BCUT2D eigenvalue weighted by Gasteiger charge is 2.26. The molecule has 3 aromatic carbocycles. The maximum absolute atomic E-state index is 13.8. The molecule has 196 valence electrons. The van der Waals surface area contributed by atoms with E-state index in [-0.39, 0.29) is 17.3 Å². The first-order chi connectivity index (χ1) is 18.9. The van der Waals surface area contributed by atoms with Gasteiger partial charge in [-0.1, -0.05) is 53.7 Å². The molecule has 0 saturated carbocycles. The van der Waals surface area contributed by atoms with Gasteiger partial charge in [-0.3, -0.25) is 9.36 Å². The van der Waals surface area contributed by atoms with Crippen LogP contribution in [0, 0.1) is 20.8 Å². The van der Waals surface area contributed by atoms with E-state index in [1.165, 1.54) is 22.9 Å². The van der Waals surface area contributed by atoms with Gasteiger partial charge in [0, 0.05) is 18.4 Å². The van der Waals surface area contributed by atoms with Crippen molar-refractivity contribution >= 4 is 40.1 Å². The Labute approximate surface area is 232 Å². The average Bonchev–Trinajstić information content (AvgIpc) is 3.29. The molecule has 2 aromatic heterocycles. The Morgan fingerprint density at radius 3 is 2.56 bits per heavy atom. The summed E-state index contributed by atoms with van der Waals surface area (Å²) in [5.74, 6) is -0.00511. The highest BCUT2D eigenvalue weighted by Crippen LogP contribution is 2.39. The van der Waals surface area contributed by atoms with Gasteiger partial charge in [-0.25, -0.2) is 9.97 Å². The van der Waals surface area contributed by atoms with Crippen LogP contribution in [0.1, 0.15) is 39.0 Å². The second-order valence-electron chi connectivity index (χ2n) is 10.1. The topological polar surface area (TPSA) is 71.2 Å². The van der Waals surface area contributed by atoms with Crippen molar-refractivity contribution < 1.29 is 9.90 Å². The summed E-state index contributed by atoms with van der Waals surface area (Å²) in [6.07, 6.45) is 3.76. The summed E-state index contributed by atoms with van der Waals surface area (Å²) >= 11 is 1.37. The number of nitrogens with zero attached hydrogens (tertiary/aromatic N) is 4. The Morgan fingerprint density at radius 2 is 1.74 bits per heavy atom. The van der Waals surface area contributed by atoms with E-state index in [4.69, 9.17) is 4.98 Å². The minimum atomic E-state index is -0.139. The van der Waals surface area contributed by atoms with Crippen molar-refractivity contribution in [3.05, 3.63) is 101 Å². The number of aryl methyl sites for hydroxylation is 4. The Bertz CT molecular complexity index is 1700. The summed E-state index contributed by atoms with van der Waals surface area (Å²) < 4.78 is 2.06. The minimum Gasteiger partial charge on any atom is -0.507 e. The van der Waals surface area contributed by atoms with Crippen LogP contribution in [0.3, 0.4) is 0 Å². The lowest BCUT2D eigenvalue weighted by Gasteiger charge is -2.32. The van der Waals surface area contributed by atoms with Gasteiger partial charge >= 0.3 is 0 Å². The standard InChI is InChI=1S/C32H30N4O2S/c1-20-17-21(2)30(22(3)18-20)36-31-24(11-7-15-33-31)34-32(36)39-19-28(38)29-26(13-6-14-27(29)37)35-16-8-10-23-9-4-5-12-25(23)35/h4-7,9,11-15,17-18,37H,8,10,16,19H2,1-3H3. The number of hydrogen-bond acceptors (Lipinski definition) is 6. The molecule has 0 atom stereocenters. The van der Waals surface area contributed by atoms with Crippen molar-refractivity contribution in [2.24, 2.45) is 0 Å². The zero-order valence-electron chi connectivity index (χ0n) is 22.3. The number of carbonyl (C=O) groups is 1. The van der Waals surface area contributed by atoms with Crippen LogP contribution < -0.4 is 4.90 Å². The van der Waals surface area contributed by atoms with Crippen LogP contribution >= 0.6 is 11.8 Å². The summed E-state index contributed by atoms with van der Waals surface area (Å²) in [5.41, 5.74) is 9.45. The number of anilines is 2. The van der Waals surface area contributed by atoms with E-state index in [1.54, 1.807) is 18.3 Å². The Morgan fingerprint density at radius 1 is 0.974 bits per heavy atom. The third-order valence-corrected chi connectivity index (χ3v) is 8.22. The molecule has 6 rings (SSSR count). The van der Waals surface area contributed by atoms with Crippen LogP contribution in [0.5, 0.6) is 5.75 Å². The molecule has 0 aliphatic carbocycles. The fraction of sp³-hybridized carbons (Fsp3) is 0.219. The first-order valence-corrected chi connectivity index (χ1v) is 14.2. The van der Waals surface area contributed by atoms with Crippen molar-refractivity contribution in [3.8, 4) is 11.4 Å². The third-order valence-electron chi connectivity index (χ3n) is 7.28. The summed E-state index contributed by atoms with van der Waals surface area (Å²) in [4.78, 5) is 25.5. The number of ketones is 1. The molecule has 3 heterocycles. The maximum Gasteiger partial charge on any atom is 0.179 e. The number of aromatic nitrogens is 3. The highest BCUT2D eigenvalue weighted by molar-refractivity contribution is 7.99. The summed E-state index contributed by atoms with van der Waals surface area (Å²) in [5, 5.41) is 11.6. The number of rotatable bonds is 6. The van der Waals surface area contributed by atoms with Gasteiger partial charge in [0.15, 0.2) is 16.6 Å². The number of pyridine rings is 1. The zero-order valence-corrected chi connectivity index (χ0v) is 23.1. The number of thioether (sulfide) groups is 1. The number of hydrogen-bond donors (Lipinski definition) is 1. The molecule has 7 heteroatoms. The smallest absolute Gasteiger partial charge is 0.179 e. The number of fused-ring (bicyclic) bond motifs is 2.